The van der Waals surface area contributed by atoms with Crippen LogP contribution in [0.15, 0.2) is 26.5 Å². The number of hydrogen-bond donors (Lipinski definition) is 1. The highest BCUT2D eigenvalue weighted by atomic mass is 79.9. The third-order valence-corrected chi connectivity index (χ3v) is 4.36. The maximum atomic E-state index is 12.7. The van der Waals surface area contributed by atoms with E-state index in [9.17, 15) is 4.79 Å². The van der Waals surface area contributed by atoms with Crippen LogP contribution in [0, 0.1) is 4.77 Å². The van der Waals surface area contributed by atoms with Crippen LogP contribution >= 0.6 is 28.1 Å². The van der Waals surface area contributed by atoms with Gasteiger partial charge in [0, 0.05) is 5.41 Å². The molecule has 0 bridgehead atoms. The molecule has 0 aliphatic heterocycles. The van der Waals surface area contributed by atoms with Crippen molar-refractivity contribution in [3.05, 3.63) is 43.0 Å². The molecule has 7 nitrogen and oxygen atoms in total. The van der Waals surface area contributed by atoms with E-state index >= 15 is 0 Å². The molecule has 0 saturated carbocycles. The fourth-order valence-electron chi connectivity index (χ4n) is 2.32. The minimum Gasteiger partial charge on any atom is -0.490 e. The number of nitrogens with zero attached hydrogens (tertiary/aromatic N) is 3. The summed E-state index contributed by atoms with van der Waals surface area (Å²) in [5, 5.41) is 11.0. The lowest BCUT2D eigenvalue weighted by Gasteiger charge is -2.16. The Morgan fingerprint density at radius 2 is 1.96 bits per heavy atom. The summed E-state index contributed by atoms with van der Waals surface area (Å²) < 4.78 is 13.3. The smallest absolute Gasteiger partial charge is 0.297 e. The summed E-state index contributed by atoms with van der Waals surface area (Å²) in [5.74, 6) is 1.22. The van der Waals surface area contributed by atoms with Crippen LogP contribution in [-0.2, 0) is 5.41 Å². The second kappa shape index (κ2) is 8.79. The van der Waals surface area contributed by atoms with E-state index in [0.29, 0.717) is 30.4 Å². The van der Waals surface area contributed by atoms with Gasteiger partial charge >= 0.3 is 0 Å². The lowest BCUT2D eigenvalue weighted by molar-refractivity contribution is 0.286. The first-order valence-electron chi connectivity index (χ1n) is 8.54. The van der Waals surface area contributed by atoms with E-state index in [2.05, 4.69) is 31.2 Å². The molecule has 1 aromatic heterocycles. The van der Waals surface area contributed by atoms with Gasteiger partial charge < -0.3 is 9.47 Å². The molecule has 0 unspecified atom stereocenters. The van der Waals surface area contributed by atoms with Gasteiger partial charge in [-0.25, -0.2) is 0 Å². The number of aromatic nitrogens is 3. The zero-order chi connectivity index (χ0) is 20.2. The Hall–Kier alpha value is -2.00. The molecule has 0 amide bonds. The summed E-state index contributed by atoms with van der Waals surface area (Å²) in [6.07, 6.45) is 1.54. The first-order chi connectivity index (χ1) is 12.7. The highest BCUT2D eigenvalue weighted by Gasteiger charge is 2.21. The van der Waals surface area contributed by atoms with Crippen LogP contribution < -0.4 is 15.0 Å². The summed E-state index contributed by atoms with van der Waals surface area (Å²) in [4.78, 5) is 12.7. The predicted octanol–water partition coefficient (Wildman–Crippen LogP) is 4.04. The molecule has 1 N–H and O–H groups in total. The summed E-state index contributed by atoms with van der Waals surface area (Å²) in [6.45, 7) is 10.5. The maximum absolute atomic E-state index is 12.7. The molecule has 0 fully saturated rings. The van der Waals surface area contributed by atoms with E-state index in [0.717, 1.165) is 14.7 Å². The van der Waals surface area contributed by atoms with Gasteiger partial charge in [-0.3, -0.25) is 9.89 Å². The second-order valence-electron chi connectivity index (χ2n) is 6.68. The zero-order valence-electron chi connectivity index (χ0n) is 16.0. The molecule has 2 aromatic rings. The van der Waals surface area contributed by atoms with E-state index < -0.39 is 5.41 Å². The number of benzene rings is 1. The molecule has 0 aliphatic carbocycles. The first-order valence-corrected chi connectivity index (χ1v) is 9.74. The van der Waals surface area contributed by atoms with Crippen molar-refractivity contribution in [2.75, 3.05) is 13.2 Å². The van der Waals surface area contributed by atoms with Gasteiger partial charge in [0.05, 0.1) is 23.9 Å². The largest absolute Gasteiger partial charge is 0.490 e. The molecule has 0 aliphatic rings. The fourth-order valence-corrected chi connectivity index (χ4v) is 3.07. The summed E-state index contributed by atoms with van der Waals surface area (Å²) in [5.41, 5.74) is 0.302. The topological polar surface area (TPSA) is 81.5 Å². The van der Waals surface area contributed by atoms with Gasteiger partial charge in [-0.2, -0.15) is 14.9 Å². The standard InChI is InChI=1S/C18H23BrN4O3S/c1-6-25-13-9-11(8-12(19)14(13)26-7-2)10-20-23-16(24)15(18(3,4)5)21-22-17(23)27/h8-10H,6-7H2,1-5H3,(H,22,27)/b20-10-. The minimum atomic E-state index is -0.432. The van der Waals surface area contributed by atoms with Gasteiger partial charge in [0.25, 0.3) is 5.56 Å². The van der Waals surface area contributed by atoms with E-state index in [4.69, 9.17) is 21.7 Å². The zero-order valence-corrected chi connectivity index (χ0v) is 18.4. The second-order valence-corrected chi connectivity index (χ2v) is 7.93. The van der Waals surface area contributed by atoms with Crippen LogP contribution in [-0.4, -0.2) is 34.3 Å². The Labute approximate surface area is 171 Å². The average molecular weight is 455 g/mol. The average Bonchev–Trinajstić information content (AvgIpc) is 2.56. The summed E-state index contributed by atoms with van der Waals surface area (Å²) in [7, 11) is 0. The number of H-pyrrole nitrogens is 1. The number of halogens is 1. The molecule has 0 radical (unpaired) electrons. The minimum absolute atomic E-state index is 0.124. The van der Waals surface area contributed by atoms with Crippen molar-refractivity contribution < 1.29 is 9.47 Å². The van der Waals surface area contributed by atoms with E-state index in [-0.39, 0.29) is 10.3 Å². The maximum Gasteiger partial charge on any atom is 0.297 e. The number of rotatable bonds is 6. The molecule has 0 spiro atoms. The Bertz CT molecular complexity index is 961. The SMILES string of the molecule is CCOc1cc(/C=N\n2c(=S)[nH]nc(C(C)(C)C)c2=O)cc(Br)c1OCC. The van der Waals surface area contributed by atoms with Gasteiger partial charge in [-0.05, 0) is 59.7 Å². The van der Waals surface area contributed by atoms with Crippen molar-refractivity contribution in [1.82, 2.24) is 14.9 Å². The highest BCUT2D eigenvalue weighted by Crippen LogP contribution is 2.36. The molecule has 0 saturated heterocycles. The van der Waals surface area contributed by atoms with Crippen LogP contribution in [0.25, 0.3) is 0 Å². The number of aromatic amines is 1. The van der Waals surface area contributed by atoms with Gasteiger partial charge in [0.1, 0.15) is 5.69 Å². The van der Waals surface area contributed by atoms with Crippen molar-refractivity contribution in [3.8, 4) is 11.5 Å². The highest BCUT2D eigenvalue weighted by molar-refractivity contribution is 9.10. The monoisotopic (exact) mass is 454 g/mol. The predicted molar refractivity (Wildman–Crippen MR) is 112 cm³/mol. The molecule has 9 heteroatoms. The molecular weight excluding hydrogens is 432 g/mol. The molecule has 27 heavy (non-hydrogen) atoms. The number of hydrogen-bond acceptors (Lipinski definition) is 6. The van der Waals surface area contributed by atoms with Crippen LogP contribution in [0.3, 0.4) is 0 Å². The van der Waals surface area contributed by atoms with Gasteiger partial charge in [0.2, 0.25) is 4.77 Å². The third-order valence-electron chi connectivity index (χ3n) is 3.50. The molecular formula is C18H23BrN4O3S. The van der Waals surface area contributed by atoms with E-state index in [1.165, 1.54) is 0 Å². The molecule has 0 atom stereocenters. The van der Waals surface area contributed by atoms with E-state index in [1.54, 1.807) is 12.3 Å². The van der Waals surface area contributed by atoms with Gasteiger partial charge in [-0.15, -0.1) is 0 Å². The molecule has 146 valence electrons. The Morgan fingerprint density at radius 3 is 2.56 bits per heavy atom. The Morgan fingerprint density at radius 1 is 1.30 bits per heavy atom. The quantitative estimate of drug-likeness (QED) is 0.525. The van der Waals surface area contributed by atoms with Crippen LogP contribution in [0.4, 0.5) is 0 Å². The van der Waals surface area contributed by atoms with Crippen LogP contribution in [0.2, 0.25) is 0 Å². The third kappa shape index (κ3) is 5.04. The first kappa shape index (κ1) is 21.3. The fraction of sp³-hybridized carbons (Fsp3) is 0.444. The van der Waals surface area contributed by atoms with E-state index in [1.807, 2.05) is 40.7 Å². The van der Waals surface area contributed by atoms with Crippen molar-refractivity contribution in [2.24, 2.45) is 5.10 Å². The summed E-state index contributed by atoms with van der Waals surface area (Å²) >= 11 is 8.65. The summed E-state index contributed by atoms with van der Waals surface area (Å²) in [6, 6.07) is 3.63. The Balaban J connectivity index is 2.50. The Kier molecular flexibility index (Phi) is 6.94. The van der Waals surface area contributed by atoms with Gasteiger partial charge in [0.15, 0.2) is 11.5 Å². The van der Waals surface area contributed by atoms with Crippen molar-refractivity contribution in [1.29, 1.82) is 0 Å². The van der Waals surface area contributed by atoms with Crippen molar-refractivity contribution in [2.45, 2.75) is 40.0 Å². The van der Waals surface area contributed by atoms with Gasteiger partial charge in [-0.1, -0.05) is 20.8 Å². The normalized spacial score (nSPS) is 11.8. The van der Waals surface area contributed by atoms with Crippen LogP contribution in [0.5, 0.6) is 11.5 Å². The van der Waals surface area contributed by atoms with Crippen molar-refractivity contribution >= 4 is 34.4 Å². The molecule has 1 aromatic carbocycles. The lowest BCUT2D eigenvalue weighted by atomic mass is 9.93. The lowest BCUT2D eigenvalue weighted by Crippen LogP contribution is -2.32. The number of ether oxygens (including phenoxy) is 2. The van der Waals surface area contributed by atoms with Crippen molar-refractivity contribution in [3.63, 3.8) is 0 Å². The number of nitrogens with one attached hydrogen (secondary N) is 1. The molecule has 1 heterocycles. The van der Waals surface area contributed by atoms with Crippen LogP contribution in [0.1, 0.15) is 45.9 Å². The molecule has 2 rings (SSSR count).